The van der Waals surface area contributed by atoms with E-state index in [0.29, 0.717) is 19.1 Å². The lowest BCUT2D eigenvalue weighted by atomic mass is 10.2. The summed E-state index contributed by atoms with van der Waals surface area (Å²) < 4.78 is 16.3. The molecule has 0 bridgehead atoms. The Morgan fingerprint density at radius 3 is 2.06 bits per heavy atom. The molecule has 0 aromatic carbocycles. The second-order valence-electron chi connectivity index (χ2n) is 4.80. The molecule has 1 N–H and O–H groups in total. The van der Waals surface area contributed by atoms with Gasteiger partial charge in [0.2, 0.25) is 0 Å². The third-order valence-electron chi connectivity index (χ3n) is 2.31. The standard InChI is InChI=1S/C14H31NO3/c1-4-5-8-16-9-6-15-7-10-17-11-12-18-13-14(2)3/h14-15H,4-13H2,1-3H3. The summed E-state index contributed by atoms with van der Waals surface area (Å²) in [7, 11) is 0. The fraction of sp³-hybridized carbons (Fsp3) is 1.00. The molecule has 0 fully saturated rings. The zero-order valence-electron chi connectivity index (χ0n) is 12.4. The second kappa shape index (κ2) is 14.9. The van der Waals surface area contributed by atoms with E-state index in [1.165, 1.54) is 6.42 Å². The van der Waals surface area contributed by atoms with E-state index in [2.05, 4.69) is 26.1 Å². The zero-order chi connectivity index (χ0) is 13.5. The van der Waals surface area contributed by atoms with Gasteiger partial charge in [-0.1, -0.05) is 27.2 Å². The van der Waals surface area contributed by atoms with Crippen LogP contribution in [0.5, 0.6) is 0 Å². The van der Waals surface area contributed by atoms with Crippen LogP contribution in [0.25, 0.3) is 0 Å². The quantitative estimate of drug-likeness (QED) is 0.486. The first kappa shape index (κ1) is 17.8. The SMILES string of the molecule is CCCCOCCNCCOCCOCC(C)C. The van der Waals surface area contributed by atoms with Gasteiger partial charge in [0.15, 0.2) is 0 Å². The molecule has 110 valence electrons. The molecule has 0 spiro atoms. The van der Waals surface area contributed by atoms with Crippen LogP contribution in [0.3, 0.4) is 0 Å². The molecule has 0 saturated carbocycles. The number of unbranched alkanes of at least 4 members (excludes halogenated alkanes) is 1. The molecule has 0 aliphatic carbocycles. The van der Waals surface area contributed by atoms with Crippen molar-refractivity contribution in [2.75, 3.05) is 52.7 Å². The fourth-order valence-corrected chi connectivity index (χ4v) is 1.30. The van der Waals surface area contributed by atoms with Crippen LogP contribution in [0.2, 0.25) is 0 Å². The number of hydrogen-bond donors (Lipinski definition) is 1. The van der Waals surface area contributed by atoms with Crippen molar-refractivity contribution in [1.82, 2.24) is 5.32 Å². The van der Waals surface area contributed by atoms with Crippen molar-refractivity contribution < 1.29 is 14.2 Å². The second-order valence-corrected chi connectivity index (χ2v) is 4.80. The van der Waals surface area contributed by atoms with E-state index in [0.717, 1.165) is 45.9 Å². The average molecular weight is 261 g/mol. The summed E-state index contributed by atoms with van der Waals surface area (Å²) >= 11 is 0. The van der Waals surface area contributed by atoms with Crippen LogP contribution in [0.1, 0.15) is 33.6 Å². The molecule has 0 atom stereocenters. The summed E-state index contributed by atoms with van der Waals surface area (Å²) in [5.41, 5.74) is 0. The number of ether oxygens (including phenoxy) is 3. The van der Waals surface area contributed by atoms with Gasteiger partial charge in [-0.2, -0.15) is 0 Å². The van der Waals surface area contributed by atoms with Gasteiger partial charge in [0, 0.05) is 26.3 Å². The summed E-state index contributed by atoms with van der Waals surface area (Å²) in [6.07, 6.45) is 2.35. The predicted molar refractivity (Wildman–Crippen MR) is 75.1 cm³/mol. The highest BCUT2D eigenvalue weighted by Crippen LogP contribution is 1.91. The highest BCUT2D eigenvalue weighted by atomic mass is 16.5. The molecule has 0 aromatic heterocycles. The number of nitrogens with one attached hydrogen (secondary N) is 1. The molecule has 18 heavy (non-hydrogen) atoms. The van der Waals surface area contributed by atoms with Gasteiger partial charge in [0.05, 0.1) is 26.4 Å². The zero-order valence-corrected chi connectivity index (χ0v) is 12.4. The molecule has 0 heterocycles. The maximum absolute atomic E-state index is 5.43. The Morgan fingerprint density at radius 1 is 0.833 bits per heavy atom. The van der Waals surface area contributed by atoms with Crippen molar-refractivity contribution in [3.8, 4) is 0 Å². The van der Waals surface area contributed by atoms with Crippen LogP contribution < -0.4 is 5.32 Å². The van der Waals surface area contributed by atoms with Crippen molar-refractivity contribution in [1.29, 1.82) is 0 Å². The summed E-state index contributed by atoms with van der Waals surface area (Å²) in [5.74, 6) is 0.597. The minimum absolute atomic E-state index is 0.597. The van der Waals surface area contributed by atoms with Crippen molar-refractivity contribution in [2.24, 2.45) is 5.92 Å². The Morgan fingerprint density at radius 2 is 1.44 bits per heavy atom. The lowest BCUT2D eigenvalue weighted by Gasteiger charge is -2.08. The van der Waals surface area contributed by atoms with Crippen LogP contribution in [-0.2, 0) is 14.2 Å². The highest BCUT2D eigenvalue weighted by molar-refractivity contribution is 4.45. The molecule has 0 radical (unpaired) electrons. The van der Waals surface area contributed by atoms with Gasteiger partial charge in [-0.3, -0.25) is 0 Å². The van der Waals surface area contributed by atoms with Crippen LogP contribution in [0, 0.1) is 5.92 Å². The molecule has 0 aliphatic heterocycles. The molecule has 0 unspecified atom stereocenters. The molecule has 4 nitrogen and oxygen atoms in total. The van der Waals surface area contributed by atoms with Gasteiger partial charge < -0.3 is 19.5 Å². The van der Waals surface area contributed by atoms with E-state index < -0.39 is 0 Å². The third kappa shape index (κ3) is 15.8. The monoisotopic (exact) mass is 261 g/mol. The fourth-order valence-electron chi connectivity index (χ4n) is 1.30. The average Bonchev–Trinajstić information content (AvgIpc) is 2.34. The molecular formula is C14H31NO3. The summed E-state index contributed by atoms with van der Waals surface area (Å²) in [6, 6.07) is 0. The summed E-state index contributed by atoms with van der Waals surface area (Å²) in [5, 5.41) is 3.28. The third-order valence-corrected chi connectivity index (χ3v) is 2.31. The van der Waals surface area contributed by atoms with E-state index >= 15 is 0 Å². The maximum atomic E-state index is 5.43. The van der Waals surface area contributed by atoms with Crippen LogP contribution in [0.4, 0.5) is 0 Å². The van der Waals surface area contributed by atoms with Crippen LogP contribution in [-0.4, -0.2) is 52.7 Å². The topological polar surface area (TPSA) is 39.7 Å². The lowest BCUT2D eigenvalue weighted by Crippen LogP contribution is -2.24. The van der Waals surface area contributed by atoms with E-state index in [4.69, 9.17) is 14.2 Å². The first-order valence-electron chi connectivity index (χ1n) is 7.21. The number of rotatable bonds is 14. The van der Waals surface area contributed by atoms with Crippen molar-refractivity contribution in [2.45, 2.75) is 33.6 Å². The van der Waals surface area contributed by atoms with Gasteiger partial charge >= 0.3 is 0 Å². The first-order chi connectivity index (χ1) is 8.77. The predicted octanol–water partition coefficient (Wildman–Crippen LogP) is 2.08. The Kier molecular flexibility index (Phi) is 14.8. The Balaban J connectivity index is 2.90. The van der Waals surface area contributed by atoms with Gasteiger partial charge in [-0.05, 0) is 12.3 Å². The van der Waals surface area contributed by atoms with Gasteiger partial charge in [0.1, 0.15) is 0 Å². The minimum atomic E-state index is 0.597. The number of hydrogen-bond acceptors (Lipinski definition) is 4. The first-order valence-corrected chi connectivity index (χ1v) is 7.21. The molecule has 0 saturated heterocycles. The Labute approximate surface area is 112 Å². The normalized spacial score (nSPS) is 11.3. The smallest absolute Gasteiger partial charge is 0.0701 e. The van der Waals surface area contributed by atoms with E-state index in [9.17, 15) is 0 Å². The van der Waals surface area contributed by atoms with Gasteiger partial charge in [0.25, 0.3) is 0 Å². The minimum Gasteiger partial charge on any atom is -0.380 e. The summed E-state index contributed by atoms with van der Waals surface area (Å²) in [6.45, 7) is 12.8. The van der Waals surface area contributed by atoms with Gasteiger partial charge in [-0.15, -0.1) is 0 Å². The Bertz CT molecular complexity index is 154. The lowest BCUT2D eigenvalue weighted by molar-refractivity contribution is 0.0382. The van der Waals surface area contributed by atoms with Crippen LogP contribution in [0.15, 0.2) is 0 Å². The van der Waals surface area contributed by atoms with E-state index in [1.54, 1.807) is 0 Å². The van der Waals surface area contributed by atoms with E-state index in [1.807, 2.05) is 0 Å². The van der Waals surface area contributed by atoms with Crippen molar-refractivity contribution in [3.05, 3.63) is 0 Å². The molecule has 0 rings (SSSR count). The van der Waals surface area contributed by atoms with Gasteiger partial charge in [-0.25, -0.2) is 0 Å². The molecule has 0 amide bonds. The summed E-state index contributed by atoms with van der Waals surface area (Å²) in [4.78, 5) is 0. The van der Waals surface area contributed by atoms with Crippen molar-refractivity contribution >= 4 is 0 Å². The van der Waals surface area contributed by atoms with E-state index in [-0.39, 0.29) is 0 Å². The maximum Gasteiger partial charge on any atom is 0.0701 e. The van der Waals surface area contributed by atoms with Crippen molar-refractivity contribution in [3.63, 3.8) is 0 Å². The largest absolute Gasteiger partial charge is 0.380 e. The molecule has 0 aliphatic rings. The Hall–Kier alpha value is -0.160. The highest BCUT2D eigenvalue weighted by Gasteiger charge is 1.94. The molecule has 0 aromatic rings. The molecular weight excluding hydrogens is 230 g/mol. The molecule has 4 heteroatoms. The van der Waals surface area contributed by atoms with Crippen LogP contribution >= 0.6 is 0 Å².